The fourth-order valence-corrected chi connectivity index (χ4v) is 1.86. The second-order valence-electron chi connectivity index (χ2n) is 3.36. The van der Waals surface area contributed by atoms with E-state index in [1.807, 2.05) is 0 Å². The zero-order chi connectivity index (χ0) is 13.0. The number of hydrazone groups is 1. The van der Waals surface area contributed by atoms with Crippen molar-refractivity contribution in [2.75, 3.05) is 0 Å². The first-order chi connectivity index (χ1) is 8.65. The zero-order valence-electron chi connectivity index (χ0n) is 9.06. The molecule has 0 saturated heterocycles. The van der Waals surface area contributed by atoms with Gasteiger partial charge in [-0.25, -0.2) is 9.82 Å². The number of thiophene rings is 1. The highest BCUT2D eigenvalue weighted by molar-refractivity contribution is 7.12. The van der Waals surface area contributed by atoms with E-state index in [0.29, 0.717) is 5.56 Å². The van der Waals surface area contributed by atoms with Crippen molar-refractivity contribution < 1.29 is 13.6 Å². The van der Waals surface area contributed by atoms with Crippen molar-refractivity contribution >= 4 is 23.5 Å². The lowest BCUT2D eigenvalue weighted by Gasteiger charge is -1.96. The van der Waals surface area contributed by atoms with Crippen LogP contribution in [0, 0.1) is 10.9 Å². The van der Waals surface area contributed by atoms with Crippen LogP contribution in [0.5, 0.6) is 0 Å². The van der Waals surface area contributed by atoms with Crippen molar-refractivity contribution in [3.8, 4) is 0 Å². The number of rotatable bonds is 3. The van der Waals surface area contributed by atoms with Gasteiger partial charge in [0.2, 0.25) is 0 Å². The molecule has 1 aromatic heterocycles. The Morgan fingerprint density at radius 2 is 2.11 bits per heavy atom. The van der Waals surface area contributed by atoms with Crippen molar-refractivity contribution in [1.82, 2.24) is 5.43 Å². The van der Waals surface area contributed by atoms with E-state index in [1.54, 1.807) is 6.07 Å². The SMILES string of the molecule is O=C(N/N=C/c1cccc(F)c1)c1ccc(F)s1. The van der Waals surface area contributed by atoms with Gasteiger partial charge >= 0.3 is 0 Å². The van der Waals surface area contributed by atoms with Gasteiger partial charge in [-0.2, -0.15) is 9.49 Å². The molecule has 0 unspecified atom stereocenters. The predicted molar refractivity (Wildman–Crippen MR) is 65.7 cm³/mol. The molecular weight excluding hydrogens is 258 g/mol. The highest BCUT2D eigenvalue weighted by atomic mass is 32.1. The minimum Gasteiger partial charge on any atom is -0.266 e. The number of nitrogens with one attached hydrogen (secondary N) is 1. The highest BCUT2D eigenvalue weighted by Gasteiger charge is 2.07. The van der Waals surface area contributed by atoms with Crippen LogP contribution in [0.4, 0.5) is 8.78 Å². The minimum absolute atomic E-state index is 0.226. The summed E-state index contributed by atoms with van der Waals surface area (Å²) < 4.78 is 25.5. The van der Waals surface area contributed by atoms with Crippen molar-refractivity contribution in [1.29, 1.82) is 0 Å². The molecule has 0 fully saturated rings. The van der Waals surface area contributed by atoms with Crippen LogP contribution in [0.15, 0.2) is 41.5 Å². The Balaban J connectivity index is 1.97. The number of carbonyl (C=O) groups excluding carboxylic acids is 1. The van der Waals surface area contributed by atoms with Crippen LogP contribution in [-0.4, -0.2) is 12.1 Å². The van der Waals surface area contributed by atoms with Gasteiger partial charge in [-0.05, 0) is 29.8 Å². The summed E-state index contributed by atoms with van der Waals surface area (Å²) in [5.74, 6) is -0.887. The number of hydrogen-bond donors (Lipinski definition) is 1. The van der Waals surface area contributed by atoms with Crippen LogP contribution in [0.3, 0.4) is 0 Å². The van der Waals surface area contributed by atoms with E-state index in [0.717, 1.165) is 11.3 Å². The zero-order valence-corrected chi connectivity index (χ0v) is 9.88. The Kier molecular flexibility index (Phi) is 3.78. The minimum atomic E-state index is -0.503. The third kappa shape index (κ3) is 3.21. The van der Waals surface area contributed by atoms with Crippen LogP contribution in [0.25, 0.3) is 0 Å². The molecule has 6 heteroatoms. The third-order valence-corrected chi connectivity index (χ3v) is 2.90. The van der Waals surface area contributed by atoms with Gasteiger partial charge < -0.3 is 0 Å². The molecule has 1 N–H and O–H groups in total. The number of benzene rings is 1. The lowest BCUT2D eigenvalue weighted by Crippen LogP contribution is -2.16. The van der Waals surface area contributed by atoms with E-state index < -0.39 is 11.0 Å². The average molecular weight is 266 g/mol. The first-order valence-electron chi connectivity index (χ1n) is 4.99. The molecule has 0 saturated carbocycles. The number of nitrogens with zero attached hydrogens (tertiary/aromatic N) is 1. The third-order valence-electron chi connectivity index (χ3n) is 2.03. The van der Waals surface area contributed by atoms with E-state index in [2.05, 4.69) is 10.5 Å². The molecule has 0 aliphatic rings. The molecule has 18 heavy (non-hydrogen) atoms. The van der Waals surface area contributed by atoms with Crippen molar-refractivity contribution in [3.63, 3.8) is 0 Å². The van der Waals surface area contributed by atoms with E-state index in [1.165, 1.54) is 36.5 Å². The molecule has 0 radical (unpaired) electrons. The van der Waals surface area contributed by atoms with Crippen molar-refractivity contribution in [2.24, 2.45) is 5.10 Å². The van der Waals surface area contributed by atoms with Gasteiger partial charge in [0.15, 0.2) is 5.13 Å². The summed E-state index contributed by atoms with van der Waals surface area (Å²) in [4.78, 5) is 11.7. The first kappa shape index (κ1) is 12.4. The summed E-state index contributed by atoms with van der Waals surface area (Å²) >= 11 is 0.732. The van der Waals surface area contributed by atoms with E-state index in [-0.39, 0.29) is 10.7 Å². The summed E-state index contributed by atoms with van der Waals surface area (Å²) in [6.45, 7) is 0. The molecule has 0 aliphatic carbocycles. The predicted octanol–water partition coefficient (Wildman–Crippen LogP) is 2.79. The number of carbonyl (C=O) groups is 1. The summed E-state index contributed by atoms with van der Waals surface area (Å²) in [7, 11) is 0. The van der Waals surface area contributed by atoms with Gasteiger partial charge in [-0.15, -0.1) is 11.3 Å². The Morgan fingerprint density at radius 1 is 1.28 bits per heavy atom. The molecule has 0 atom stereocenters. The summed E-state index contributed by atoms with van der Waals surface area (Å²) in [5, 5.41) is 3.23. The average Bonchev–Trinajstić information content (AvgIpc) is 2.76. The smallest absolute Gasteiger partial charge is 0.266 e. The molecule has 3 nitrogen and oxygen atoms in total. The first-order valence-corrected chi connectivity index (χ1v) is 5.81. The molecular formula is C12H8F2N2OS. The van der Waals surface area contributed by atoms with E-state index in [4.69, 9.17) is 0 Å². The number of hydrogen-bond acceptors (Lipinski definition) is 3. The summed E-state index contributed by atoms with van der Waals surface area (Å²) in [6.07, 6.45) is 1.31. The Hall–Kier alpha value is -2.08. The fraction of sp³-hybridized carbons (Fsp3) is 0. The van der Waals surface area contributed by atoms with Gasteiger partial charge in [-0.1, -0.05) is 12.1 Å². The fourth-order valence-electron chi connectivity index (χ4n) is 1.24. The molecule has 1 aromatic carbocycles. The largest absolute Gasteiger partial charge is 0.281 e. The normalized spacial score (nSPS) is 10.8. The molecule has 0 aliphatic heterocycles. The van der Waals surface area contributed by atoms with E-state index >= 15 is 0 Å². The van der Waals surface area contributed by atoms with Crippen LogP contribution >= 0.6 is 11.3 Å². The van der Waals surface area contributed by atoms with Crippen LogP contribution in [-0.2, 0) is 0 Å². The van der Waals surface area contributed by atoms with Crippen LogP contribution < -0.4 is 5.43 Å². The Bertz CT molecular complexity index is 595. The van der Waals surface area contributed by atoms with E-state index in [9.17, 15) is 13.6 Å². The molecule has 2 rings (SSSR count). The molecule has 92 valence electrons. The Morgan fingerprint density at radius 3 is 2.78 bits per heavy atom. The quantitative estimate of drug-likeness (QED) is 0.673. The van der Waals surface area contributed by atoms with Crippen LogP contribution in [0.1, 0.15) is 15.2 Å². The number of amides is 1. The summed E-state index contributed by atoms with van der Waals surface area (Å²) in [6, 6.07) is 8.34. The maximum absolute atomic E-state index is 12.8. The monoisotopic (exact) mass is 266 g/mol. The second-order valence-corrected chi connectivity index (χ2v) is 4.39. The topological polar surface area (TPSA) is 41.5 Å². The second kappa shape index (κ2) is 5.50. The van der Waals surface area contributed by atoms with Gasteiger partial charge in [-0.3, -0.25) is 4.79 Å². The van der Waals surface area contributed by atoms with Gasteiger partial charge in [0.1, 0.15) is 5.82 Å². The van der Waals surface area contributed by atoms with Crippen LogP contribution in [0.2, 0.25) is 0 Å². The summed E-state index contributed by atoms with van der Waals surface area (Å²) in [5.41, 5.74) is 2.75. The van der Waals surface area contributed by atoms with Gasteiger partial charge in [0, 0.05) is 0 Å². The van der Waals surface area contributed by atoms with Gasteiger partial charge in [0.25, 0.3) is 5.91 Å². The molecule has 1 amide bonds. The number of halogens is 2. The van der Waals surface area contributed by atoms with Crippen molar-refractivity contribution in [2.45, 2.75) is 0 Å². The highest BCUT2D eigenvalue weighted by Crippen LogP contribution is 2.13. The van der Waals surface area contributed by atoms with Crippen molar-refractivity contribution in [3.05, 3.63) is 57.8 Å². The standard InChI is InChI=1S/C12H8F2N2OS/c13-9-3-1-2-8(6-9)7-15-16-12(17)10-4-5-11(14)18-10/h1-7H,(H,16,17)/b15-7+. The maximum Gasteiger partial charge on any atom is 0.281 e. The molecule has 0 bridgehead atoms. The lowest BCUT2D eigenvalue weighted by atomic mass is 10.2. The maximum atomic E-state index is 12.8. The molecule has 0 spiro atoms. The molecule has 1 heterocycles. The Labute approximate surface area is 106 Å². The lowest BCUT2D eigenvalue weighted by molar-refractivity contribution is 0.0959. The molecule has 2 aromatic rings. The van der Waals surface area contributed by atoms with Gasteiger partial charge in [0.05, 0.1) is 11.1 Å².